The van der Waals surface area contributed by atoms with Crippen molar-refractivity contribution >= 4 is 27.3 Å². The van der Waals surface area contributed by atoms with Crippen LogP contribution >= 0.6 is 0 Å². The molecular formula is C22H20F3N7O3S. The molecule has 0 saturated heterocycles. The summed E-state index contributed by atoms with van der Waals surface area (Å²) in [4.78, 5) is 12.3. The van der Waals surface area contributed by atoms with E-state index in [2.05, 4.69) is 30.5 Å². The lowest BCUT2D eigenvalue weighted by Crippen LogP contribution is -2.28. The van der Waals surface area contributed by atoms with Gasteiger partial charge in [0.15, 0.2) is 11.6 Å². The number of rotatable bonds is 9. The van der Waals surface area contributed by atoms with Crippen molar-refractivity contribution < 1.29 is 26.3 Å². The first-order valence-electron chi connectivity index (χ1n) is 10.5. The molecule has 0 aliphatic heterocycles. The first-order chi connectivity index (χ1) is 17.1. The van der Waals surface area contributed by atoms with Gasteiger partial charge >= 0.3 is 6.18 Å². The maximum atomic E-state index is 12.7. The maximum Gasteiger partial charge on any atom is 0.404 e. The molecule has 0 saturated carbocycles. The normalized spacial score (nSPS) is 12.7. The van der Waals surface area contributed by atoms with Crippen molar-refractivity contribution in [2.45, 2.75) is 19.2 Å². The van der Waals surface area contributed by atoms with Crippen LogP contribution in [0.3, 0.4) is 0 Å². The molecule has 3 N–H and O–H groups in total. The van der Waals surface area contributed by atoms with Crippen molar-refractivity contribution in [3.05, 3.63) is 72.9 Å². The van der Waals surface area contributed by atoms with Crippen LogP contribution in [0, 0.1) is 0 Å². The highest BCUT2D eigenvalue weighted by Crippen LogP contribution is 2.35. The van der Waals surface area contributed by atoms with Gasteiger partial charge in [-0.15, -0.1) is 0 Å². The second-order valence-electron chi connectivity index (χ2n) is 7.58. The van der Waals surface area contributed by atoms with Crippen LogP contribution in [0.2, 0.25) is 0 Å². The molecule has 4 rings (SSSR count). The number of hydrogen-bond donors (Lipinski definition) is 3. The Morgan fingerprint density at radius 3 is 2.58 bits per heavy atom. The zero-order valence-electron chi connectivity index (χ0n) is 18.7. The Balaban J connectivity index is 1.64. The number of nitrogens with zero attached hydrogens (tertiary/aromatic N) is 4. The molecule has 0 amide bonds. The van der Waals surface area contributed by atoms with Gasteiger partial charge in [-0.25, -0.2) is 13.4 Å². The maximum absolute atomic E-state index is 12.7. The summed E-state index contributed by atoms with van der Waals surface area (Å²) in [6.07, 6.45) is 0.579. The second-order valence-corrected chi connectivity index (χ2v) is 9.31. The molecule has 188 valence electrons. The summed E-state index contributed by atoms with van der Waals surface area (Å²) in [5.74, 6) is -1.12. The minimum Gasteiger partial charge on any atom is -0.482 e. The fourth-order valence-electron chi connectivity index (χ4n) is 3.19. The Labute approximate surface area is 204 Å². The van der Waals surface area contributed by atoms with Crippen molar-refractivity contribution in [1.82, 2.24) is 25.1 Å². The number of ether oxygens (including phenoxy) is 1. The van der Waals surface area contributed by atoms with Crippen LogP contribution in [-0.4, -0.2) is 45.5 Å². The van der Waals surface area contributed by atoms with Crippen LogP contribution in [-0.2, 0) is 10.0 Å². The highest BCUT2D eigenvalue weighted by atomic mass is 32.2. The van der Waals surface area contributed by atoms with E-state index in [1.807, 2.05) is 4.72 Å². The van der Waals surface area contributed by atoms with Gasteiger partial charge in [-0.05, 0) is 31.2 Å². The van der Waals surface area contributed by atoms with E-state index in [4.69, 9.17) is 4.74 Å². The molecule has 0 aliphatic rings. The molecule has 0 aliphatic carbocycles. The summed E-state index contributed by atoms with van der Waals surface area (Å²) in [6, 6.07) is 11.2. The Morgan fingerprint density at radius 1 is 1.06 bits per heavy atom. The quantitative estimate of drug-likeness (QED) is 0.295. The van der Waals surface area contributed by atoms with Crippen molar-refractivity contribution in [2.75, 3.05) is 15.8 Å². The number of pyridine rings is 1. The second kappa shape index (κ2) is 10.2. The Morgan fingerprint density at radius 2 is 1.89 bits per heavy atom. The fourth-order valence-corrected chi connectivity index (χ4v) is 4.19. The summed E-state index contributed by atoms with van der Waals surface area (Å²) < 4.78 is 70.4. The number of alkyl halides is 3. The number of hydrogen-bond acceptors (Lipinski definition) is 8. The topological polar surface area (TPSA) is 135 Å². The summed E-state index contributed by atoms with van der Waals surface area (Å²) in [5.41, 5.74) is 1.46. The lowest BCUT2D eigenvalue weighted by molar-refractivity contribution is -0.106. The van der Waals surface area contributed by atoms with Crippen molar-refractivity contribution in [2.24, 2.45) is 0 Å². The smallest absolute Gasteiger partial charge is 0.404 e. The average Bonchev–Trinajstić information content (AvgIpc) is 3.28. The zero-order valence-corrected chi connectivity index (χ0v) is 19.5. The molecule has 3 heterocycles. The molecule has 4 aromatic rings. The van der Waals surface area contributed by atoms with E-state index in [0.717, 1.165) is 0 Å². The molecule has 1 aromatic carbocycles. The van der Waals surface area contributed by atoms with Gasteiger partial charge in [0.2, 0.25) is 10.0 Å². The Kier molecular flexibility index (Phi) is 7.05. The van der Waals surface area contributed by atoms with E-state index in [1.54, 1.807) is 37.4 Å². The fraction of sp³-hybridized carbons (Fsp3) is 0.182. The molecule has 1 atom stereocenters. The monoisotopic (exact) mass is 519 g/mol. The summed E-state index contributed by atoms with van der Waals surface area (Å²) in [7, 11) is -4.74. The first kappa shape index (κ1) is 24.9. The number of aromatic amines is 1. The number of aromatic nitrogens is 5. The Bertz CT molecular complexity index is 1420. The number of H-pyrrole nitrogens is 1. The lowest BCUT2D eigenvalue weighted by Gasteiger charge is -2.19. The van der Waals surface area contributed by atoms with Crippen LogP contribution in [0.25, 0.3) is 11.3 Å². The van der Waals surface area contributed by atoms with E-state index in [9.17, 15) is 21.6 Å². The average molecular weight is 520 g/mol. The highest BCUT2D eigenvalue weighted by Gasteiger charge is 2.35. The van der Waals surface area contributed by atoms with Crippen molar-refractivity contribution in [1.29, 1.82) is 0 Å². The minimum atomic E-state index is -4.91. The van der Waals surface area contributed by atoms with Gasteiger partial charge in [0, 0.05) is 30.2 Å². The largest absolute Gasteiger partial charge is 0.482 e. The lowest BCUT2D eigenvalue weighted by atomic mass is 10.1. The number of halogens is 3. The summed E-state index contributed by atoms with van der Waals surface area (Å²) in [6.45, 7) is 1.68. The third-order valence-corrected chi connectivity index (χ3v) is 5.96. The van der Waals surface area contributed by atoms with Gasteiger partial charge in [0.1, 0.15) is 17.7 Å². The molecule has 0 bridgehead atoms. The molecule has 0 radical (unpaired) electrons. The predicted molar refractivity (Wildman–Crippen MR) is 126 cm³/mol. The highest BCUT2D eigenvalue weighted by molar-refractivity contribution is 7.92. The van der Waals surface area contributed by atoms with Gasteiger partial charge < -0.3 is 10.1 Å². The van der Waals surface area contributed by atoms with Gasteiger partial charge in [-0.2, -0.15) is 18.3 Å². The molecule has 0 fully saturated rings. The van der Waals surface area contributed by atoms with Gasteiger partial charge in [0.25, 0.3) is 0 Å². The summed E-state index contributed by atoms with van der Waals surface area (Å²) in [5, 5.41) is 9.97. The van der Waals surface area contributed by atoms with Crippen molar-refractivity contribution in [3.8, 4) is 17.0 Å². The van der Waals surface area contributed by atoms with Crippen molar-refractivity contribution in [3.63, 3.8) is 0 Å². The zero-order chi connectivity index (χ0) is 25.8. The molecule has 0 unspecified atom stereocenters. The standard InChI is InChI=1S/C22H20F3N7O3S/c1-14(16-4-2-3-7-27-16)35-19-10-15(5-6-17(19)32-36(33,34)13-22(23,24)25)18-11-20(31-30-18)29-21-12-26-8-9-28-21/h2-12,14,32H,13H2,1H3,(H2,28,29,30,31)/t14-/m0/s1. The Hall–Kier alpha value is -4.20. The molecular weight excluding hydrogens is 499 g/mol. The first-order valence-corrected chi connectivity index (χ1v) is 12.1. The van der Waals surface area contributed by atoms with E-state index in [0.29, 0.717) is 28.6 Å². The van der Waals surface area contributed by atoms with Crippen LogP contribution in [0.4, 0.5) is 30.5 Å². The van der Waals surface area contributed by atoms with E-state index >= 15 is 0 Å². The SMILES string of the molecule is C[C@H](Oc1cc(-c2cc(Nc3cnccn3)n[nH]2)ccc1NS(=O)(=O)CC(F)(F)F)c1ccccn1. The third-order valence-electron chi connectivity index (χ3n) is 4.72. The number of sulfonamides is 1. The minimum absolute atomic E-state index is 0.00874. The van der Waals surface area contributed by atoms with E-state index in [1.165, 1.54) is 36.8 Å². The van der Waals surface area contributed by atoms with Gasteiger partial charge in [-0.3, -0.25) is 19.8 Å². The molecule has 10 nitrogen and oxygen atoms in total. The van der Waals surface area contributed by atoms with E-state index in [-0.39, 0.29) is 11.4 Å². The molecule has 36 heavy (non-hydrogen) atoms. The molecule has 14 heteroatoms. The number of benzene rings is 1. The van der Waals surface area contributed by atoms with Crippen LogP contribution in [0.1, 0.15) is 18.7 Å². The van der Waals surface area contributed by atoms with Crippen LogP contribution in [0.5, 0.6) is 5.75 Å². The van der Waals surface area contributed by atoms with E-state index < -0.39 is 28.1 Å². The van der Waals surface area contributed by atoms with Crippen LogP contribution < -0.4 is 14.8 Å². The van der Waals surface area contributed by atoms with Gasteiger partial charge in [-0.1, -0.05) is 12.1 Å². The van der Waals surface area contributed by atoms with Crippen LogP contribution in [0.15, 0.2) is 67.3 Å². The molecule has 3 aromatic heterocycles. The summed E-state index contributed by atoms with van der Waals surface area (Å²) >= 11 is 0. The van der Waals surface area contributed by atoms with Gasteiger partial charge in [0.05, 0.1) is 23.3 Å². The third kappa shape index (κ3) is 6.69. The number of anilines is 3. The number of nitrogens with one attached hydrogen (secondary N) is 3. The predicted octanol–water partition coefficient (Wildman–Crippen LogP) is 4.45. The molecule has 0 spiro atoms.